The Kier molecular flexibility index (Phi) is 4.51. The third-order valence-electron chi connectivity index (χ3n) is 3.79. The van der Waals surface area contributed by atoms with Crippen LogP contribution in [0.5, 0.6) is 0 Å². The van der Waals surface area contributed by atoms with Crippen LogP contribution in [0.4, 0.5) is 0 Å². The van der Waals surface area contributed by atoms with Crippen LogP contribution in [0.3, 0.4) is 0 Å². The van der Waals surface area contributed by atoms with Gasteiger partial charge in [-0.2, -0.15) is 0 Å². The summed E-state index contributed by atoms with van der Waals surface area (Å²) in [5.74, 6) is 0. The predicted octanol–water partition coefficient (Wildman–Crippen LogP) is 2.63. The van der Waals surface area contributed by atoms with Crippen molar-refractivity contribution in [2.45, 2.75) is 27.3 Å². The van der Waals surface area contributed by atoms with Crippen LogP contribution >= 0.6 is 0 Å². The van der Waals surface area contributed by atoms with Crippen LogP contribution in [-0.2, 0) is 6.54 Å². The molecule has 2 N–H and O–H groups in total. The van der Waals surface area contributed by atoms with E-state index in [4.69, 9.17) is 5.73 Å². The molecule has 0 fully saturated rings. The Balaban J connectivity index is 2.48. The maximum absolute atomic E-state index is 5.69. The Hall–Kier alpha value is -1.45. The van der Waals surface area contributed by atoms with Crippen LogP contribution in [0, 0.1) is 13.8 Å². The van der Waals surface area contributed by atoms with Gasteiger partial charge in [0.2, 0.25) is 0 Å². The number of hydrogen-bond donors (Lipinski definition) is 1. The van der Waals surface area contributed by atoms with Crippen molar-refractivity contribution < 1.29 is 0 Å². The van der Waals surface area contributed by atoms with E-state index >= 15 is 0 Å². The number of para-hydroxylation sites is 1. The van der Waals surface area contributed by atoms with E-state index < -0.39 is 0 Å². The van der Waals surface area contributed by atoms with Gasteiger partial charge >= 0.3 is 0 Å². The first-order valence-corrected chi connectivity index (χ1v) is 6.94. The zero-order valence-corrected chi connectivity index (χ0v) is 12.1. The summed E-state index contributed by atoms with van der Waals surface area (Å²) in [5.41, 5.74) is 10.6. The number of fused-ring (bicyclic) bond motifs is 1. The number of pyridine rings is 1. The van der Waals surface area contributed by atoms with Crippen LogP contribution < -0.4 is 5.73 Å². The third kappa shape index (κ3) is 2.94. The first kappa shape index (κ1) is 14.0. The van der Waals surface area contributed by atoms with Gasteiger partial charge in [-0.1, -0.05) is 25.1 Å². The van der Waals surface area contributed by atoms with E-state index in [0.29, 0.717) is 6.54 Å². The average molecular weight is 257 g/mol. The predicted molar refractivity (Wildman–Crippen MR) is 81.2 cm³/mol. The fourth-order valence-electron chi connectivity index (χ4n) is 2.47. The van der Waals surface area contributed by atoms with Gasteiger partial charge in [0.15, 0.2) is 0 Å². The molecule has 0 saturated carbocycles. The second kappa shape index (κ2) is 6.13. The van der Waals surface area contributed by atoms with Gasteiger partial charge in [0.1, 0.15) is 0 Å². The summed E-state index contributed by atoms with van der Waals surface area (Å²) < 4.78 is 0. The molecule has 0 unspecified atom stereocenters. The molecule has 3 nitrogen and oxygen atoms in total. The Bertz CT molecular complexity index is 563. The van der Waals surface area contributed by atoms with Crippen molar-refractivity contribution in [1.82, 2.24) is 9.88 Å². The van der Waals surface area contributed by atoms with Crippen molar-refractivity contribution >= 4 is 10.9 Å². The number of likely N-dealkylation sites (N-methyl/N-ethyl adjacent to an activating group) is 1. The van der Waals surface area contributed by atoms with Gasteiger partial charge in [-0.05, 0) is 37.6 Å². The first-order valence-electron chi connectivity index (χ1n) is 6.94. The summed E-state index contributed by atoms with van der Waals surface area (Å²) in [7, 11) is 0. The van der Waals surface area contributed by atoms with E-state index in [9.17, 15) is 0 Å². The minimum absolute atomic E-state index is 0.703. The zero-order chi connectivity index (χ0) is 13.8. The van der Waals surface area contributed by atoms with Gasteiger partial charge in [0.05, 0.1) is 5.52 Å². The molecule has 102 valence electrons. The molecule has 1 aromatic heterocycles. The summed E-state index contributed by atoms with van der Waals surface area (Å²) >= 11 is 0. The second-order valence-corrected chi connectivity index (χ2v) is 4.98. The summed E-state index contributed by atoms with van der Waals surface area (Å²) in [5, 5.41) is 1.26. The molecule has 0 aliphatic carbocycles. The normalized spacial score (nSPS) is 11.4. The van der Waals surface area contributed by atoms with Crippen molar-refractivity contribution in [2.24, 2.45) is 5.73 Å². The zero-order valence-electron chi connectivity index (χ0n) is 12.1. The van der Waals surface area contributed by atoms with E-state index in [1.165, 1.54) is 16.5 Å². The number of nitrogens with two attached hydrogens (primary N) is 1. The fourth-order valence-corrected chi connectivity index (χ4v) is 2.47. The minimum Gasteiger partial charge on any atom is -0.329 e. The Morgan fingerprint density at radius 2 is 1.95 bits per heavy atom. The Morgan fingerprint density at radius 1 is 1.21 bits per heavy atom. The first-order chi connectivity index (χ1) is 9.17. The molecule has 0 radical (unpaired) electrons. The van der Waals surface area contributed by atoms with E-state index in [1.807, 2.05) is 6.07 Å². The highest BCUT2D eigenvalue weighted by Crippen LogP contribution is 2.24. The average Bonchev–Trinajstić information content (AvgIpc) is 2.42. The van der Waals surface area contributed by atoms with Gasteiger partial charge in [-0.25, -0.2) is 0 Å². The molecule has 2 rings (SSSR count). The summed E-state index contributed by atoms with van der Waals surface area (Å²) in [4.78, 5) is 7.05. The van der Waals surface area contributed by atoms with Crippen LogP contribution in [0.1, 0.15) is 23.7 Å². The molecule has 0 aliphatic rings. The molecule has 3 heteroatoms. The van der Waals surface area contributed by atoms with Gasteiger partial charge in [-0.3, -0.25) is 9.88 Å². The van der Waals surface area contributed by atoms with Gasteiger partial charge < -0.3 is 5.73 Å². The number of rotatable bonds is 5. The van der Waals surface area contributed by atoms with Crippen molar-refractivity contribution in [3.05, 3.63) is 41.1 Å². The number of hydrogen-bond acceptors (Lipinski definition) is 3. The maximum Gasteiger partial charge on any atom is 0.0708 e. The van der Waals surface area contributed by atoms with Crippen LogP contribution in [0.2, 0.25) is 0 Å². The largest absolute Gasteiger partial charge is 0.329 e. The number of benzene rings is 1. The number of nitrogens with zero attached hydrogens (tertiary/aromatic N) is 2. The lowest BCUT2D eigenvalue weighted by Gasteiger charge is -2.22. The summed E-state index contributed by atoms with van der Waals surface area (Å²) in [6.45, 7) is 10.0. The van der Waals surface area contributed by atoms with Crippen molar-refractivity contribution in [3.63, 3.8) is 0 Å². The van der Waals surface area contributed by atoms with Crippen molar-refractivity contribution in [1.29, 1.82) is 0 Å². The topological polar surface area (TPSA) is 42.1 Å². The molecule has 0 aliphatic heterocycles. The lowest BCUT2D eigenvalue weighted by atomic mass is 10.0. The van der Waals surface area contributed by atoms with Crippen molar-refractivity contribution in [2.75, 3.05) is 19.6 Å². The molecular formula is C16H23N3. The van der Waals surface area contributed by atoms with Crippen molar-refractivity contribution in [3.8, 4) is 0 Å². The molecule has 0 bridgehead atoms. The number of aromatic nitrogens is 1. The lowest BCUT2D eigenvalue weighted by molar-refractivity contribution is 0.288. The van der Waals surface area contributed by atoms with E-state index in [1.54, 1.807) is 0 Å². The van der Waals surface area contributed by atoms with Crippen LogP contribution in [0.15, 0.2) is 24.3 Å². The Morgan fingerprint density at radius 3 is 2.63 bits per heavy atom. The van der Waals surface area contributed by atoms with Gasteiger partial charge in [-0.15, -0.1) is 0 Å². The van der Waals surface area contributed by atoms with E-state index in [2.05, 4.69) is 48.9 Å². The molecule has 1 heterocycles. The molecular weight excluding hydrogens is 234 g/mol. The monoisotopic (exact) mass is 257 g/mol. The van der Waals surface area contributed by atoms with E-state index in [0.717, 1.165) is 30.8 Å². The van der Waals surface area contributed by atoms with Crippen LogP contribution in [0.25, 0.3) is 10.9 Å². The summed E-state index contributed by atoms with van der Waals surface area (Å²) in [6, 6.07) is 8.39. The number of aryl methyl sites for hydroxylation is 1. The lowest BCUT2D eigenvalue weighted by Crippen LogP contribution is -2.29. The molecule has 0 spiro atoms. The highest BCUT2D eigenvalue weighted by atomic mass is 15.1. The second-order valence-electron chi connectivity index (χ2n) is 4.98. The van der Waals surface area contributed by atoms with Gasteiger partial charge in [0.25, 0.3) is 0 Å². The molecule has 0 atom stereocenters. The molecule has 0 amide bonds. The van der Waals surface area contributed by atoms with Gasteiger partial charge in [0, 0.05) is 30.7 Å². The van der Waals surface area contributed by atoms with E-state index in [-0.39, 0.29) is 0 Å². The maximum atomic E-state index is 5.69. The standard InChI is InChI=1S/C16H23N3/c1-4-19(10-9-17)11-15-12(2)13(3)18-16-8-6-5-7-14(15)16/h5-8H,4,9-11,17H2,1-3H3. The molecule has 19 heavy (non-hydrogen) atoms. The quantitative estimate of drug-likeness (QED) is 0.895. The SMILES string of the molecule is CCN(CCN)Cc1c(C)c(C)nc2ccccc12. The van der Waals surface area contributed by atoms with Crippen LogP contribution in [-0.4, -0.2) is 29.5 Å². The Labute approximate surface area is 115 Å². The summed E-state index contributed by atoms with van der Waals surface area (Å²) in [6.07, 6.45) is 0. The highest BCUT2D eigenvalue weighted by Gasteiger charge is 2.11. The minimum atomic E-state index is 0.703. The fraction of sp³-hybridized carbons (Fsp3) is 0.438. The smallest absolute Gasteiger partial charge is 0.0708 e. The highest BCUT2D eigenvalue weighted by molar-refractivity contribution is 5.83. The molecule has 2 aromatic rings. The molecule has 1 aromatic carbocycles. The molecule has 0 saturated heterocycles. The third-order valence-corrected chi connectivity index (χ3v) is 3.79.